The zero-order chi connectivity index (χ0) is 14.8. The van der Waals surface area contributed by atoms with Gasteiger partial charge in [0.05, 0.1) is 5.52 Å². The maximum atomic E-state index is 5.95. The smallest absolute Gasteiger partial charge is 0.162 e. The molecule has 2 N–H and O–H groups in total. The molecule has 106 valence electrons. The second kappa shape index (κ2) is 5.48. The average molecular weight is 278 g/mol. The molecule has 3 aromatic rings. The molecule has 1 aromatic carbocycles. The minimum Gasteiger partial charge on any atom is -0.384 e. The number of nitrogen functional groups attached to an aromatic ring is 1. The molecular formula is C17H18N4. The van der Waals surface area contributed by atoms with Crippen molar-refractivity contribution in [3.8, 4) is 11.4 Å². The van der Waals surface area contributed by atoms with Crippen molar-refractivity contribution in [2.75, 3.05) is 5.73 Å². The number of para-hydroxylation sites is 1. The zero-order valence-electron chi connectivity index (χ0n) is 12.2. The molecule has 0 bridgehead atoms. The van der Waals surface area contributed by atoms with Crippen molar-refractivity contribution >= 4 is 16.7 Å². The molecule has 2 heterocycles. The number of hydrogen-bond acceptors (Lipinski definition) is 4. The number of anilines is 1. The van der Waals surface area contributed by atoms with Crippen molar-refractivity contribution in [3.63, 3.8) is 0 Å². The summed E-state index contributed by atoms with van der Waals surface area (Å²) >= 11 is 0. The second-order valence-electron chi connectivity index (χ2n) is 5.58. The Hall–Kier alpha value is -2.49. The van der Waals surface area contributed by atoms with Gasteiger partial charge in [0.1, 0.15) is 5.82 Å². The molecule has 0 aliphatic rings. The van der Waals surface area contributed by atoms with E-state index in [2.05, 4.69) is 28.8 Å². The third-order valence-corrected chi connectivity index (χ3v) is 3.31. The van der Waals surface area contributed by atoms with E-state index in [1.165, 1.54) is 0 Å². The Kier molecular flexibility index (Phi) is 3.52. The summed E-state index contributed by atoms with van der Waals surface area (Å²) in [4.78, 5) is 13.4. The Balaban J connectivity index is 2.16. The topological polar surface area (TPSA) is 64.7 Å². The van der Waals surface area contributed by atoms with Crippen LogP contribution in [-0.4, -0.2) is 15.0 Å². The Labute approximate surface area is 124 Å². The molecule has 21 heavy (non-hydrogen) atoms. The van der Waals surface area contributed by atoms with Gasteiger partial charge in [-0.3, -0.25) is 4.98 Å². The summed E-state index contributed by atoms with van der Waals surface area (Å²) < 4.78 is 0. The highest BCUT2D eigenvalue weighted by Crippen LogP contribution is 2.25. The van der Waals surface area contributed by atoms with E-state index in [1.807, 2.05) is 36.4 Å². The predicted octanol–water partition coefficient (Wildman–Crippen LogP) is 3.47. The largest absolute Gasteiger partial charge is 0.384 e. The van der Waals surface area contributed by atoms with Crippen LogP contribution in [0.4, 0.5) is 5.82 Å². The Morgan fingerprint density at radius 1 is 1.10 bits per heavy atom. The fourth-order valence-electron chi connectivity index (χ4n) is 2.45. The van der Waals surface area contributed by atoms with Gasteiger partial charge in [0.25, 0.3) is 0 Å². The molecule has 0 unspecified atom stereocenters. The van der Waals surface area contributed by atoms with Gasteiger partial charge in [-0.05, 0) is 24.5 Å². The van der Waals surface area contributed by atoms with Crippen LogP contribution >= 0.6 is 0 Å². The first-order valence-corrected chi connectivity index (χ1v) is 7.11. The Bertz CT molecular complexity index is 775. The van der Waals surface area contributed by atoms with Crippen molar-refractivity contribution in [3.05, 3.63) is 48.3 Å². The van der Waals surface area contributed by atoms with Gasteiger partial charge < -0.3 is 5.73 Å². The van der Waals surface area contributed by atoms with E-state index in [0.717, 1.165) is 28.6 Å². The minimum absolute atomic E-state index is 0.511. The van der Waals surface area contributed by atoms with E-state index < -0.39 is 0 Å². The Morgan fingerprint density at radius 3 is 2.71 bits per heavy atom. The molecule has 0 saturated carbocycles. The van der Waals surface area contributed by atoms with Crippen LogP contribution in [0.1, 0.15) is 19.5 Å². The fraction of sp³-hybridized carbons (Fsp3) is 0.235. The molecule has 4 nitrogen and oxygen atoms in total. The number of fused-ring (bicyclic) bond motifs is 1. The lowest BCUT2D eigenvalue weighted by Gasteiger charge is -2.09. The third kappa shape index (κ3) is 2.84. The maximum absolute atomic E-state index is 5.95. The van der Waals surface area contributed by atoms with E-state index in [-0.39, 0.29) is 0 Å². The molecule has 2 aromatic heterocycles. The van der Waals surface area contributed by atoms with E-state index in [4.69, 9.17) is 5.73 Å². The van der Waals surface area contributed by atoms with Crippen LogP contribution in [0.5, 0.6) is 0 Å². The first kappa shape index (κ1) is 13.5. The van der Waals surface area contributed by atoms with Gasteiger partial charge in [-0.25, -0.2) is 9.97 Å². The summed E-state index contributed by atoms with van der Waals surface area (Å²) in [6.07, 6.45) is 2.68. The number of pyridine rings is 1. The molecule has 0 saturated heterocycles. The zero-order valence-corrected chi connectivity index (χ0v) is 12.2. The van der Waals surface area contributed by atoms with E-state index >= 15 is 0 Å². The average Bonchev–Trinajstić information content (AvgIpc) is 2.45. The van der Waals surface area contributed by atoms with Gasteiger partial charge in [0, 0.05) is 28.9 Å². The van der Waals surface area contributed by atoms with Gasteiger partial charge in [-0.15, -0.1) is 0 Å². The van der Waals surface area contributed by atoms with E-state index in [0.29, 0.717) is 17.6 Å². The van der Waals surface area contributed by atoms with Crippen LogP contribution in [0.15, 0.2) is 42.6 Å². The summed E-state index contributed by atoms with van der Waals surface area (Å²) in [6.45, 7) is 4.33. The lowest BCUT2D eigenvalue weighted by molar-refractivity contribution is 0.635. The van der Waals surface area contributed by atoms with Crippen LogP contribution < -0.4 is 5.73 Å². The molecule has 0 amide bonds. The van der Waals surface area contributed by atoms with Crippen LogP contribution in [0.2, 0.25) is 0 Å². The quantitative estimate of drug-likeness (QED) is 0.796. The molecule has 4 heteroatoms. The van der Waals surface area contributed by atoms with Gasteiger partial charge in [0.15, 0.2) is 5.82 Å². The van der Waals surface area contributed by atoms with Crippen molar-refractivity contribution in [1.29, 1.82) is 0 Å². The van der Waals surface area contributed by atoms with E-state index in [1.54, 1.807) is 6.20 Å². The van der Waals surface area contributed by atoms with Crippen molar-refractivity contribution in [2.24, 2.45) is 5.92 Å². The number of rotatable bonds is 3. The maximum Gasteiger partial charge on any atom is 0.162 e. The highest BCUT2D eigenvalue weighted by molar-refractivity contribution is 5.92. The second-order valence-corrected chi connectivity index (χ2v) is 5.58. The number of hydrogen-bond donors (Lipinski definition) is 1. The van der Waals surface area contributed by atoms with Crippen molar-refractivity contribution in [1.82, 2.24) is 15.0 Å². The summed E-state index contributed by atoms with van der Waals surface area (Å²) in [6, 6.07) is 11.8. The van der Waals surface area contributed by atoms with Gasteiger partial charge in [-0.1, -0.05) is 32.0 Å². The number of nitrogens with zero attached hydrogens (tertiary/aromatic N) is 3. The van der Waals surface area contributed by atoms with Crippen LogP contribution in [0.25, 0.3) is 22.3 Å². The van der Waals surface area contributed by atoms with Crippen molar-refractivity contribution < 1.29 is 0 Å². The standard InChI is InChI=1S/C17H18N4/c1-11(2)9-12-10-16(18)21-17(20-12)14-7-8-19-15-6-4-3-5-13(14)15/h3-8,10-11H,9H2,1-2H3,(H2,18,20,21). The lowest BCUT2D eigenvalue weighted by Crippen LogP contribution is -2.03. The molecule has 0 spiro atoms. The highest BCUT2D eigenvalue weighted by atomic mass is 14.9. The van der Waals surface area contributed by atoms with Crippen LogP contribution in [0, 0.1) is 5.92 Å². The molecule has 0 fully saturated rings. The number of aromatic nitrogens is 3. The summed E-state index contributed by atoms with van der Waals surface area (Å²) in [5.74, 6) is 1.71. The fourth-order valence-corrected chi connectivity index (χ4v) is 2.45. The van der Waals surface area contributed by atoms with Gasteiger partial charge >= 0.3 is 0 Å². The molecule has 0 atom stereocenters. The summed E-state index contributed by atoms with van der Waals surface area (Å²) in [5.41, 5.74) is 8.84. The molecule has 0 aliphatic carbocycles. The molecule has 3 rings (SSSR count). The summed E-state index contributed by atoms with van der Waals surface area (Å²) in [7, 11) is 0. The Morgan fingerprint density at radius 2 is 1.90 bits per heavy atom. The minimum atomic E-state index is 0.511. The normalized spacial score (nSPS) is 11.2. The highest BCUT2D eigenvalue weighted by Gasteiger charge is 2.10. The van der Waals surface area contributed by atoms with Gasteiger partial charge in [0.2, 0.25) is 0 Å². The van der Waals surface area contributed by atoms with Gasteiger partial charge in [-0.2, -0.15) is 0 Å². The molecule has 0 aliphatic heterocycles. The SMILES string of the molecule is CC(C)Cc1cc(N)nc(-c2ccnc3ccccc23)n1. The first-order chi connectivity index (χ1) is 10.1. The molecular weight excluding hydrogens is 260 g/mol. The third-order valence-electron chi connectivity index (χ3n) is 3.31. The van der Waals surface area contributed by atoms with Crippen molar-refractivity contribution in [2.45, 2.75) is 20.3 Å². The monoisotopic (exact) mass is 278 g/mol. The van der Waals surface area contributed by atoms with Crippen LogP contribution in [0.3, 0.4) is 0 Å². The first-order valence-electron chi connectivity index (χ1n) is 7.11. The number of nitrogens with two attached hydrogens (primary N) is 1. The molecule has 0 radical (unpaired) electrons. The predicted molar refractivity (Wildman–Crippen MR) is 85.7 cm³/mol. The summed E-state index contributed by atoms with van der Waals surface area (Å²) in [5, 5.41) is 1.04. The van der Waals surface area contributed by atoms with Crippen LogP contribution in [-0.2, 0) is 6.42 Å². The van der Waals surface area contributed by atoms with E-state index in [9.17, 15) is 0 Å². The number of benzene rings is 1. The lowest BCUT2D eigenvalue weighted by atomic mass is 10.1.